The average molecular weight is 320 g/mol. The number of benzene rings is 1. The number of thioether (sulfide) groups is 1. The number of fused-ring (bicyclic) bond motifs is 1. The van der Waals surface area contributed by atoms with Gasteiger partial charge >= 0.3 is 0 Å². The third-order valence-electron chi connectivity index (χ3n) is 3.10. The maximum Gasteiger partial charge on any atom is 0.244 e. The van der Waals surface area contributed by atoms with Crippen molar-refractivity contribution in [2.45, 2.75) is 18.7 Å². The highest BCUT2D eigenvalue weighted by molar-refractivity contribution is 7.99. The van der Waals surface area contributed by atoms with Crippen LogP contribution in [-0.2, 0) is 15.3 Å². The summed E-state index contributed by atoms with van der Waals surface area (Å²) in [4.78, 5) is 32.6. The minimum atomic E-state index is -0.505. The van der Waals surface area contributed by atoms with Crippen LogP contribution in [0.15, 0.2) is 24.3 Å². The van der Waals surface area contributed by atoms with Gasteiger partial charge in [0.2, 0.25) is 11.8 Å². The monoisotopic (exact) mass is 320 g/mol. The Bertz CT molecular complexity index is 635. The highest BCUT2D eigenvalue weighted by Gasteiger charge is 2.16. The lowest BCUT2D eigenvalue weighted by atomic mass is 10.3. The Hall–Kier alpha value is -2.02. The number of nitrogens with one attached hydrogen (secondary N) is 2. The Balaban J connectivity index is 1.78. The molecule has 0 fully saturated rings. The molecule has 2 rings (SSSR count). The molecule has 0 saturated heterocycles. The standard InChI is InChI=1S/C15H20N4O2S/c1-10(15(21)19(2)3)16-14(20)9-22-8-13-17-11-6-4-5-7-12(11)18-13/h4-7,10H,8-9H2,1-3H3,(H,16,20)(H,17,18). The maximum atomic E-state index is 11.8. The SMILES string of the molecule is CC(NC(=O)CSCc1nc2ccccc2[nH]1)C(=O)N(C)C. The smallest absolute Gasteiger partial charge is 0.244 e. The van der Waals surface area contributed by atoms with Gasteiger partial charge in [-0.3, -0.25) is 9.59 Å². The number of likely N-dealkylation sites (N-methyl/N-ethyl adjacent to an activating group) is 1. The number of hydrogen-bond donors (Lipinski definition) is 2. The van der Waals surface area contributed by atoms with Gasteiger partial charge in [0.1, 0.15) is 11.9 Å². The zero-order valence-electron chi connectivity index (χ0n) is 12.9. The molecule has 2 N–H and O–H groups in total. The summed E-state index contributed by atoms with van der Waals surface area (Å²) in [6, 6.07) is 7.30. The zero-order chi connectivity index (χ0) is 16.1. The van der Waals surface area contributed by atoms with E-state index in [4.69, 9.17) is 0 Å². The van der Waals surface area contributed by atoms with Crippen LogP contribution in [0, 0.1) is 0 Å². The van der Waals surface area contributed by atoms with Crippen LogP contribution in [0.3, 0.4) is 0 Å². The molecule has 0 bridgehead atoms. The fraction of sp³-hybridized carbons (Fsp3) is 0.400. The van der Waals surface area contributed by atoms with Crippen LogP contribution in [0.4, 0.5) is 0 Å². The Morgan fingerprint density at radius 3 is 2.77 bits per heavy atom. The molecule has 2 amide bonds. The number of amides is 2. The number of rotatable bonds is 6. The molecule has 1 aromatic heterocycles. The highest BCUT2D eigenvalue weighted by atomic mass is 32.2. The Morgan fingerprint density at radius 2 is 2.09 bits per heavy atom. The van der Waals surface area contributed by atoms with E-state index < -0.39 is 6.04 Å². The molecule has 118 valence electrons. The van der Waals surface area contributed by atoms with Gasteiger partial charge in [0.15, 0.2) is 0 Å². The van der Waals surface area contributed by atoms with Gasteiger partial charge in [-0.05, 0) is 19.1 Å². The summed E-state index contributed by atoms with van der Waals surface area (Å²) in [5, 5.41) is 2.69. The van der Waals surface area contributed by atoms with Gasteiger partial charge in [-0.2, -0.15) is 0 Å². The average Bonchev–Trinajstić information content (AvgIpc) is 2.88. The van der Waals surface area contributed by atoms with Crippen LogP contribution in [0.1, 0.15) is 12.7 Å². The minimum Gasteiger partial charge on any atom is -0.347 e. The second kappa shape index (κ2) is 7.31. The third-order valence-corrected chi connectivity index (χ3v) is 4.04. The van der Waals surface area contributed by atoms with E-state index in [1.165, 1.54) is 16.7 Å². The van der Waals surface area contributed by atoms with Gasteiger partial charge < -0.3 is 15.2 Å². The normalized spacial score (nSPS) is 12.1. The topological polar surface area (TPSA) is 78.1 Å². The molecule has 0 spiro atoms. The molecule has 1 atom stereocenters. The van der Waals surface area contributed by atoms with E-state index in [0.717, 1.165) is 16.9 Å². The molecule has 7 heteroatoms. The summed E-state index contributed by atoms with van der Waals surface area (Å²) in [6.45, 7) is 1.68. The van der Waals surface area contributed by atoms with E-state index in [9.17, 15) is 9.59 Å². The quantitative estimate of drug-likeness (QED) is 0.843. The van der Waals surface area contributed by atoms with Gasteiger partial charge in [-0.15, -0.1) is 11.8 Å². The lowest BCUT2D eigenvalue weighted by Gasteiger charge is -2.17. The number of hydrogen-bond acceptors (Lipinski definition) is 4. The van der Waals surface area contributed by atoms with Crippen molar-refractivity contribution in [2.24, 2.45) is 0 Å². The van der Waals surface area contributed by atoms with Crippen molar-refractivity contribution in [1.82, 2.24) is 20.2 Å². The van der Waals surface area contributed by atoms with Crippen molar-refractivity contribution in [2.75, 3.05) is 19.8 Å². The second-order valence-corrected chi connectivity index (χ2v) is 6.20. The van der Waals surface area contributed by atoms with Crippen LogP contribution in [0.5, 0.6) is 0 Å². The van der Waals surface area contributed by atoms with Crippen LogP contribution < -0.4 is 5.32 Å². The Kier molecular flexibility index (Phi) is 5.43. The van der Waals surface area contributed by atoms with E-state index in [0.29, 0.717) is 11.5 Å². The molecule has 1 aromatic carbocycles. The largest absolute Gasteiger partial charge is 0.347 e. The molecule has 1 heterocycles. The summed E-state index contributed by atoms with van der Waals surface area (Å²) in [7, 11) is 3.34. The Labute approximate surface area is 133 Å². The molecule has 0 aliphatic carbocycles. The van der Waals surface area contributed by atoms with Crippen molar-refractivity contribution in [3.8, 4) is 0 Å². The van der Waals surface area contributed by atoms with Crippen molar-refractivity contribution < 1.29 is 9.59 Å². The summed E-state index contributed by atoms with van der Waals surface area (Å²) >= 11 is 1.46. The number of nitrogens with zero attached hydrogens (tertiary/aromatic N) is 2. The number of H-pyrrole nitrogens is 1. The van der Waals surface area contributed by atoms with E-state index in [1.54, 1.807) is 21.0 Å². The number of para-hydroxylation sites is 2. The summed E-state index contributed by atoms with van der Waals surface area (Å²) in [5.41, 5.74) is 1.92. The maximum absolute atomic E-state index is 11.8. The van der Waals surface area contributed by atoms with Crippen LogP contribution in [0.25, 0.3) is 11.0 Å². The number of aromatic amines is 1. The fourth-order valence-electron chi connectivity index (χ4n) is 2.05. The fourth-order valence-corrected chi connectivity index (χ4v) is 2.75. The molecule has 0 aliphatic rings. The molecule has 0 saturated carbocycles. The van der Waals surface area contributed by atoms with Crippen LogP contribution >= 0.6 is 11.8 Å². The van der Waals surface area contributed by atoms with Gasteiger partial charge in [-0.25, -0.2) is 4.98 Å². The third kappa shape index (κ3) is 4.24. The first-order chi connectivity index (χ1) is 10.5. The highest BCUT2D eigenvalue weighted by Crippen LogP contribution is 2.14. The molecule has 1 unspecified atom stereocenters. The van der Waals surface area contributed by atoms with E-state index in [2.05, 4.69) is 15.3 Å². The molecule has 0 radical (unpaired) electrons. The van der Waals surface area contributed by atoms with Gasteiger partial charge in [-0.1, -0.05) is 12.1 Å². The number of imidazole rings is 1. The van der Waals surface area contributed by atoms with Crippen molar-refractivity contribution >= 4 is 34.6 Å². The molecule has 2 aromatic rings. The second-order valence-electron chi connectivity index (χ2n) is 5.22. The van der Waals surface area contributed by atoms with Crippen molar-refractivity contribution in [3.05, 3.63) is 30.1 Å². The van der Waals surface area contributed by atoms with E-state index >= 15 is 0 Å². The first-order valence-electron chi connectivity index (χ1n) is 6.99. The molecule has 22 heavy (non-hydrogen) atoms. The van der Waals surface area contributed by atoms with Crippen molar-refractivity contribution in [1.29, 1.82) is 0 Å². The zero-order valence-corrected chi connectivity index (χ0v) is 13.7. The number of carbonyl (C=O) groups is 2. The molecular formula is C15H20N4O2S. The van der Waals surface area contributed by atoms with Crippen molar-refractivity contribution in [3.63, 3.8) is 0 Å². The number of aromatic nitrogens is 2. The van der Waals surface area contributed by atoms with Gasteiger partial charge in [0, 0.05) is 14.1 Å². The first kappa shape index (κ1) is 16.4. The summed E-state index contributed by atoms with van der Waals surface area (Å²) < 4.78 is 0. The first-order valence-corrected chi connectivity index (χ1v) is 8.14. The van der Waals surface area contributed by atoms with E-state index in [-0.39, 0.29) is 11.8 Å². The van der Waals surface area contributed by atoms with Crippen LogP contribution in [0.2, 0.25) is 0 Å². The van der Waals surface area contributed by atoms with Gasteiger partial charge in [0.25, 0.3) is 0 Å². The molecule has 0 aliphatic heterocycles. The lowest BCUT2D eigenvalue weighted by Crippen LogP contribution is -2.44. The predicted molar refractivity (Wildman–Crippen MR) is 88.6 cm³/mol. The lowest BCUT2D eigenvalue weighted by molar-refractivity contribution is -0.133. The predicted octanol–water partition coefficient (Wildman–Crippen LogP) is 1.39. The Morgan fingerprint density at radius 1 is 1.36 bits per heavy atom. The molecule has 6 nitrogen and oxygen atoms in total. The molecular weight excluding hydrogens is 300 g/mol. The number of carbonyl (C=O) groups excluding carboxylic acids is 2. The van der Waals surface area contributed by atoms with E-state index in [1.807, 2.05) is 24.3 Å². The van der Waals surface area contributed by atoms with Crippen LogP contribution in [-0.4, -0.2) is 52.6 Å². The summed E-state index contributed by atoms with van der Waals surface area (Å²) in [6.07, 6.45) is 0. The minimum absolute atomic E-state index is 0.115. The summed E-state index contributed by atoms with van der Waals surface area (Å²) in [5.74, 6) is 1.50. The van der Waals surface area contributed by atoms with Gasteiger partial charge in [0.05, 0.1) is 22.5 Å².